The molecule has 0 amide bonds. The van der Waals surface area contributed by atoms with Crippen LogP contribution in [0, 0.1) is 0 Å². The quantitative estimate of drug-likeness (QED) is 0.543. The van der Waals surface area contributed by atoms with E-state index in [4.69, 9.17) is 5.11 Å². The number of rotatable bonds is 9. The van der Waals surface area contributed by atoms with Crippen LogP contribution in [0.3, 0.4) is 0 Å². The Bertz CT molecular complexity index is 92.1. The van der Waals surface area contributed by atoms with Crippen LogP contribution in [0.25, 0.3) is 0 Å². The van der Waals surface area contributed by atoms with Gasteiger partial charge in [0.15, 0.2) is 0 Å². The summed E-state index contributed by atoms with van der Waals surface area (Å²) in [6.07, 6.45) is 7.61. The van der Waals surface area contributed by atoms with E-state index in [0.717, 1.165) is 13.0 Å². The molecule has 0 aromatic heterocycles. The first-order valence-electron chi connectivity index (χ1n) is 5.69. The van der Waals surface area contributed by atoms with Gasteiger partial charge in [0.25, 0.3) is 0 Å². The molecule has 0 unspecified atom stereocenters. The summed E-state index contributed by atoms with van der Waals surface area (Å²) in [6.45, 7) is 5.66. The van der Waals surface area contributed by atoms with Gasteiger partial charge in [-0.05, 0) is 19.4 Å². The molecule has 0 spiro atoms. The molecule has 13 heavy (non-hydrogen) atoms. The van der Waals surface area contributed by atoms with Crippen LogP contribution in [0.5, 0.6) is 0 Å². The van der Waals surface area contributed by atoms with Crippen molar-refractivity contribution < 1.29 is 5.11 Å². The lowest BCUT2D eigenvalue weighted by molar-refractivity contribution is 0.238. The Labute approximate surface area is 82.7 Å². The van der Waals surface area contributed by atoms with Crippen LogP contribution >= 0.6 is 0 Å². The first-order valence-corrected chi connectivity index (χ1v) is 5.69. The topological polar surface area (TPSA) is 32.3 Å². The summed E-state index contributed by atoms with van der Waals surface area (Å²) >= 11 is 0. The minimum atomic E-state index is 0.269. The molecule has 0 radical (unpaired) electrons. The molecule has 2 heteroatoms. The van der Waals surface area contributed by atoms with Crippen LogP contribution in [0.4, 0.5) is 0 Å². The number of hydrogen-bond acceptors (Lipinski definition) is 2. The first-order chi connectivity index (χ1) is 6.35. The SMILES string of the molecule is CCCCCCCN[C@H](CC)CO. The van der Waals surface area contributed by atoms with Gasteiger partial charge in [0.2, 0.25) is 0 Å². The average Bonchev–Trinajstić information content (AvgIpc) is 2.17. The van der Waals surface area contributed by atoms with Crippen molar-refractivity contribution in [1.29, 1.82) is 0 Å². The molecule has 0 aliphatic carbocycles. The summed E-state index contributed by atoms with van der Waals surface area (Å²) in [5, 5.41) is 12.3. The predicted molar refractivity (Wildman–Crippen MR) is 57.9 cm³/mol. The highest BCUT2D eigenvalue weighted by molar-refractivity contribution is 4.62. The minimum Gasteiger partial charge on any atom is -0.395 e. The smallest absolute Gasteiger partial charge is 0.0584 e. The molecule has 0 rings (SSSR count). The highest BCUT2D eigenvalue weighted by atomic mass is 16.3. The molecule has 0 saturated carbocycles. The monoisotopic (exact) mass is 187 g/mol. The Hall–Kier alpha value is -0.0800. The van der Waals surface area contributed by atoms with Gasteiger partial charge in [-0.1, -0.05) is 39.5 Å². The van der Waals surface area contributed by atoms with Crippen molar-refractivity contribution in [3.05, 3.63) is 0 Å². The van der Waals surface area contributed by atoms with Crippen molar-refractivity contribution in [3.63, 3.8) is 0 Å². The van der Waals surface area contributed by atoms with Crippen LogP contribution in [-0.2, 0) is 0 Å². The number of hydrogen-bond donors (Lipinski definition) is 2. The van der Waals surface area contributed by atoms with Crippen LogP contribution in [0.15, 0.2) is 0 Å². The van der Waals surface area contributed by atoms with Crippen molar-refractivity contribution in [3.8, 4) is 0 Å². The van der Waals surface area contributed by atoms with Gasteiger partial charge in [-0.2, -0.15) is 0 Å². The fourth-order valence-corrected chi connectivity index (χ4v) is 1.37. The molecule has 80 valence electrons. The molecule has 0 aromatic rings. The van der Waals surface area contributed by atoms with Crippen LogP contribution in [0.1, 0.15) is 52.4 Å². The molecule has 2 N–H and O–H groups in total. The Morgan fingerprint density at radius 3 is 2.31 bits per heavy atom. The van der Waals surface area contributed by atoms with E-state index in [-0.39, 0.29) is 6.61 Å². The van der Waals surface area contributed by atoms with E-state index in [1.54, 1.807) is 0 Å². The number of nitrogens with one attached hydrogen (secondary N) is 1. The van der Waals surface area contributed by atoms with Crippen molar-refractivity contribution in [1.82, 2.24) is 5.32 Å². The van der Waals surface area contributed by atoms with Gasteiger partial charge in [-0.3, -0.25) is 0 Å². The van der Waals surface area contributed by atoms with E-state index in [9.17, 15) is 0 Å². The normalized spacial score (nSPS) is 13.2. The van der Waals surface area contributed by atoms with E-state index in [2.05, 4.69) is 19.2 Å². The molecule has 2 nitrogen and oxygen atoms in total. The Morgan fingerprint density at radius 2 is 1.77 bits per heavy atom. The number of aliphatic hydroxyl groups is 1. The third kappa shape index (κ3) is 8.26. The van der Waals surface area contributed by atoms with Crippen LogP contribution in [-0.4, -0.2) is 24.3 Å². The fraction of sp³-hybridized carbons (Fsp3) is 1.00. The van der Waals surface area contributed by atoms with Gasteiger partial charge < -0.3 is 10.4 Å². The lowest BCUT2D eigenvalue weighted by atomic mass is 10.1. The van der Waals surface area contributed by atoms with E-state index in [1.165, 1.54) is 32.1 Å². The largest absolute Gasteiger partial charge is 0.395 e. The second kappa shape index (κ2) is 10.0. The standard InChI is InChI=1S/C11H25NO/c1-3-5-6-7-8-9-12-11(4-2)10-13/h11-13H,3-10H2,1-2H3/t11-/m1/s1. The number of unbranched alkanes of at least 4 members (excludes halogenated alkanes) is 4. The fourth-order valence-electron chi connectivity index (χ4n) is 1.37. The summed E-state index contributed by atoms with van der Waals surface area (Å²) in [6, 6.07) is 0.311. The lowest BCUT2D eigenvalue weighted by Crippen LogP contribution is -2.32. The van der Waals surface area contributed by atoms with Gasteiger partial charge in [0.05, 0.1) is 6.61 Å². The Kier molecular flexibility index (Phi) is 9.94. The van der Waals surface area contributed by atoms with Crippen LogP contribution < -0.4 is 5.32 Å². The molecule has 0 aromatic carbocycles. The zero-order valence-corrected chi connectivity index (χ0v) is 9.18. The molecule has 0 saturated heterocycles. The van der Waals surface area contributed by atoms with Gasteiger partial charge in [0.1, 0.15) is 0 Å². The summed E-state index contributed by atoms with van der Waals surface area (Å²) in [5.41, 5.74) is 0. The molecule has 0 aliphatic rings. The minimum absolute atomic E-state index is 0.269. The zero-order chi connectivity index (χ0) is 9.94. The van der Waals surface area contributed by atoms with E-state index >= 15 is 0 Å². The zero-order valence-electron chi connectivity index (χ0n) is 9.18. The molecule has 1 atom stereocenters. The maximum atomic E-state index is 8.90. The highest BCUT2D eigenvalue weighted by Gasteiger charge is 2.01. The van der Waals surface area contributed by atoms with Crippen molar-refractivity contribution >= 4 is 0 Å². The van der Waals surface area contributed by atoms with Crippen molar-refractivity contribution in [2.75, 3.05) is 13.2 Å². The van der Waals surface area contributed by atoms with E-state index in [1.807, 2.05) is 0 Å². The summed E-state index contributed by atoms with van der Waals surface area (Å²) in [5.74, 6) is 0. The van der Waals surface area contributed by atoms with E-state index in [0.29, 0.717) is 6.04 Å². The molecular formula is C11H25NO. The van der Waals surface area contributed by atoms with Crippen molar-refractivity contribution in [2.45, 2.75) is 58.4 Å². The lowest BCUT2D eigenvalue weighted by Gasteiger charge is -2.13. The van der Waals surface area contributed by atoms with Crippen LogP contribution in [0.2, 0.25) is 0 Å². The summed E-state index contributed by atoms with van der Waals surface area (Å²) in [7, 11) is 0. The Balaban J connectivity index is 3.05. The number of aliphatic hydroxyl groups excluding tert-OH is 1. The van der Waals surface area contributed by atoms with E-state index < -0.39 is 0 Å². The second-order valence-electron chi connectivity index (χ2n) is 3.66. The van der Waals surface area contributed by atoms with Gasteiger partial charge in [-0.25, -0.2) is 0 Å². The van der Waals surface area contributed by atoms with Gasteiger partial charge in [-0.15, -0.1) is 0 Å². The average molecular weight is 187 g/mol. The molecular weight excluding hydrogens is 162 g/mol. The Morgan fingerprint density at radius 1 is 1.08 bits per heavy atom. The second-order valence-corrected chi connectivity index (χ2v) is 3.66. The van der Waals surface area contributed by atoms with Gasteiger partial charge >= 0.3 is 0 Å². The maximum absolute atomic E-state index is 8.90. The van der Waals surface area contributed by atoms with Crippen molar-refractivity contribution in [2.24, 2.45) is 0 Å². The summed E-state index contributed by atoms with van der Waals surface area (Å²) in [4.78, 5) is 0. The highest BCUT2D eigenvalue weighted by Crippen LogP contribution is 2.01. The maximum Gasteiger partial charge on any atom is 0.0584 e. The first kappa shape index (κ1) is 12.9. The third-order valence-electron chi connectivity index (χ3n) is 2.43. The van der Waals surface area contributed by atoms with Gasteiger partial charge in [0, 0.05) is 6.04 Å². The molecule has 0 aliphatic heterocycles. The molecule has 0 bridgehead atoms. The summed E-state index contributed by atoms with van der Waals surface area (Å²) < 4.78 is 0. The predicted octanol–water partition coefficient (Wildman–Crippen LogP) is 2.32. The third-order valence-corrected chi connectivity index (χ3v) is 2.43. The molecule has 0 heterocycles. The molecule has 0 fully saturated rings.